The summed E-state index contributed by atoms with van der Waals surface area (Å²) in [5.41, 5.74) is 2.22. The molecule has 0 bridgehead atoms. The second-order valence-electron chi connectivity index (χ2n) is 7.16. The van der Waals surface area contributed by atoms with Gasteiger partial charge in [-0.2, -0.15) is 0 Å². The number of amides is 1. The first-order chi connectivity index (χ1) is 13.4. The van der Waals surface area contributed by atoms with Gasteiger partial charge in [-0.15, -0.1) is 0 Å². The number of nitro benzene ring substituents is 1. The number of benzene rings is 2. The van der Waals surface area contributed by atoms with Gasteiger partial charge in [-0.25, -0.2) is 4.79 Å². The number of hydrogen-bond donors (Lipinski definition) is 1. The molecule has 2 aromatic rings. The van der Waals surface area contributed by atoms with E-state index in [2.05, 4.69) is 0 Å². The molecule has 1 aliphatic rings. The molecule has 7 nitrogen and oxygen atoms in total. The summed E-state index contributed by atoms with van der Waals surface area (Å²) in [4.78, 5) is 36.3. The molecule has 1 fully saturated rings. The molecule has 1 aliphatic heterocycles. The lowest BCUT2D eigenvalue weighted by atomic mass is 9.88. The first-order valence-corrected chi connectivity index (χ1v) is 9.22. The molecular formula is C21H22N2O5. The summed E-state index contributed by atoms with van der Waals surface area (Å²) in [6.07, 6.45) is 2.28. The first-order valence-electron chi connectivity index (χ1n) is 9.22. The van der Waals surface area contributed by atoms with Gasteiger partial charge in [0.25, 0.3) is 11.6 Å². The zero-order chi connectivity index (χ0) is 20.3. The average Bonchev–Trinajstić information content (AvgIpc) is 2.68. The first kappa shape index (κ1) is 19.5. The Morgan fingerprint density at radius 3 is 2.43 bits per heavy atom. The summed E-state index contributed by atoms with van der Waals surface area (Å²) in [6.45, 7) is 2.89. The Labute approximate surface area is 162 Å². The van der Waals surface area contributed by atoms with E-state index in [0.717, 1.165) is 18.4 Å². The van der Waals surface area contributed by atoms with Gasteiger partial charge in [0.1, 0.15) is 0 Å². The highest BCUT2D eigenvalue weighted by Gasteiger charge is 2.26. The zero-order valence-electron chi connectivity index (χ0n) is 15.6. The van der Waals surface area contributed by atoms with Gasteiger partial charge < -0.3 is 10.0 Å². The number of aryl methyl sites for hydroxylation is 1. The van der Waals surface area contributed by atoms with Crippen molar-refractivity contribution < 1.29 is 19.6 Å². The summed E-state index contributed by atoms with van der Waals surface area (Å²) in [5, 5.41) is 20.2. The zero-order valence-corrected chi connectivity index (χ0v) is 15.6. The molecule has 0 aromatic heterocycles. The van der Waals surface area contributed by atoms with Crippen molar-refractivity contribution in [3.05, 3.63) is 74.8 Å². The van der Waals surface area contributed by atoms with E-state index in [1.165, 1.54) is 18.2 Å². The molecule has 1 heterocycles. The number of carboxylic acids is 1. The molecule has 0 radical (unpaired) electrons. The normalized spacial score (nSPS) is 14.7. The van der Waals surface area contributed by atoms with Crippen LogP contribution in [-0.4, -0.2) is 39.9 Å². The van der Waals surface area contributed by atoms with Crippen LogP contribution in [0.25, 0.3) is 0 Å². The third-order valence-electron chi connectivity index (χ3n) is 5.31. The van der Waals surface area contributed by atoms with Crippen molar-refractivity contribution in [3.63, 3.8) is 0 Å². The Balaban J connectivity index is 1.63. The maximum Gasteiger partial charge on any atom is 0.335 e. The largest absolute Gasteiger partial charge is 0.478 e. The minimum atomic E-state index is -0.920. The number of piperidine rings is 1. The smallest absolute Gasteiger partial charge is 0.335 e. The van der Waals surface area contributed by atoms with Gasteiger partial charge >= 0.3 is 5.97 Å². The number of carbonyl (C=O) groups is 2. The predicted octanol–water partition coefficient (Wildman–Crippen LogP) is 3.70. The van der Waals surface area contributed by atoms with Crippen molar-refractivity contribution in [2.75, 3.05) is 13.1 Å². The molecule has 0 saturated carbocycles. The van der Waals surface area contributed by atoms with Crippen LogP contribution in [0.1, 0.15) is 44.7 Å². The van der Waals surface area contributed by atoms with Crippen LogP contribution in [-0.2, 0) is 6.42 Å². The Morgan fingerprint density at radius 1 is 1.14 bits per heavy atom. The molecule has 7 heteroatoms. The van der Waals surface area contributed by atoms with Crippen LogP contribution in [0.2, 0.25) is 0 Å². The monoisotopic (exact) mass is 382 g/mol. The molecule has 1 saturated heterocycles. The van der Waals surface area contributed by atoms with Gasteiger partial charge in [0.05, 0.1) is 10.5 Å². The van der Waals surface area contributed by atoms with E-state index in [9.17, 15) is 24.8 Å². The molecular weight excluding hydrogens is 360 g/mol. The van der Waals surface area contributed by atoms with Crippen LogP contribution < -0.4 is 0 Å². The van der Waals surface area contributed by atoms with Crippen molar-refractivity contribution in [3.8, 4) is 0 Å². The molecule has 28 heavy (non-hydrogen) atoms. The quantitative estimate of drug-likeness (QED) is 0.628. The fourth-order valence-electron chi connectivity index (χ4n) is 3.73. The van der Waals surface area contributed by atoms with Gasteiger partial charge in [0.2, 0.25) is 0 Å². The lowest BCUT2D eigenvalue weighted by molar-refractivity contribution is -0.384. The van der Waals surface area contributed by atoms with E-state index in [1.54, 1.807) is 24.0 Å². The van der Waals surface area contributed by atoms with Crippen LogP contribution in [0, 0.1) is 23.0 Å². The van der Waals surface area contributed by atoms with Gasteiger partial charge in [0.15, 0.2) is 0 Å². The second kappa shape index (κ2) is 8.21. The number of non-ortho nitro benzene ring substituents is 1. The number of carbonyl (C=O) groups excluding carboxylic acids is 1. The fraction of sp³-hybridized carbons (Fsp3) is 0.333. The minimum Gasteiger partial charge on any atom is -0.478 e. The highest BCUT2D eigenvalue weighted by atomic mass is 16.6. The molecule has 1 amide bonds. The number of hydrogen-bond acceptors (Lipinski definition) is 4. The van der Waals surface area contributed by atoms with Crippen LogP contribution in [0.3, 0.4) is 0 Å². The van der Waals surface area contributed by atoms with Gasteiger partial charge in [-0.1, -0.05) is 18.2 Å². The Morgan fingerprint density at radius 2 is 1.82 bits per heavy atom. The SMILES string of the molecule is Cc1cc([N+](=O)[O-])ccc1C(=O)N1CCC(Cc2ccccc2C(=O)O)CC1. The number of nitrogens with zero attached hydrogens (tertiary/aromatic N) is 2. The summed E-state index contributed by atoms with van der Waals surface area (Å²) >= 11 is 0. The molecule has 0 aliphatic carbocycles. The predicted molar refractivity (Wildman–Crippen MR) is 104 cm³/mol. The Hall–Kier alpha value is -3.22. The van der Waals surface area contributed by atoms with Gasteiger partial charge in [0, 0.05) is 30.8 Å². The summed E-state index contributed by atoms with van der Waals surface area (Å²) < 4.78 is 0. The third kappa shape index (κ3) is 4.19. The molecule has 2 aromatic carbocycles. The van der Waals surface area contributed by atoms with Crippen LogP contribution in [0.4, 0.5) is 5.69 Å². The van der Waals surface area contributed by atoms with Crippen molar-refractivity contribution in [2.45, 2.75) is 26.2 Å². The highest BCUT2D eigenvalue weighted by molar-refractivity contribution is 5.96. The molecule has 0 unspecified atom stereocenters. The van der Waals surface area contributed by atoms with Crippen LogP contribution >= 0.6 is 0 Å². The minimum absolute atomic E-state index is 0.0233. The van der Waals surface area contributed by atoms with E-state index in [4.69, 9.17) is 0 Å². The molecule has 3 rings (SSSR count). The number of carboxylic acid groups (broad SMARTS) is 1. The van der Waals surface area contributed by atoms with Crippen molar-refractivity contribution >= 4 is 17.6 Å². The Kier molecular flexibility index (Phi) is 5.73. The maximum absolute atomic E-state index is 12.8. The molecule has 1 N–H and O–H groups in total. The van der Waals surface area contributed by atoms with Crippen LogP contribution in [0.15, 0.2) is 42.5 Å². The number of rotatable bonds is 5. The molecule has 146 valence electrons. The fourth-order valence-corrected chi connectivity index (χ4v) is 3.73. The standard InChI is InChI=1S/C21H22N2O5/c1-14-12-17(23(27)28)6-7-18(14)20(24)22-10-8-15(9-11-22)13-16-4-2-3-5-19(16)21(25)26/h2-7,12,15H,8-11,13H2,1H3,(H,25,26). The number of nitro groups is 1. The number of aromatic carboxylic acids is 1. The maximum atomic E-state index is 12.8. The second-order valence-corrected chi connectivity index (χ2v) is 7.16. The summed E-state index contributed by atoms with van der Waals surface area (Å²) in [5.74, 6) is -0.712. The summed E-state index contributed by atoms with van der Waals surface area (Å²) in [6, 6.07) is 11.3. The number of likely N-dealkylation sites (tertiary alicyclic amines) is 1. The van der Waals surface area contributed by atoms with Crippen molar-refractivity contribution in [2.24, 2.45) is 5.92 Å². The van der Waals surface area contributed by atoms with E-state index in [1.807, 2.05) is 12.1 Å². The topological polar surface area (TPSA) is 101 Å². The Bertz CT molecular complexity index is 917. The van der Waals surface area contributed by atoms with E-state index >= 15 is 0 Å². The lowest BCUT2D eigenvalue weighted by Gasteiger charge is -2.32. The van der Waals surface area contributed by atoms with Crippen LogP contribution in [0.5, 0.6) is 0 Å². The average molecular weight is 382 g/mol. The van der Waals surface area contributed by atoms with E-state index in [0.29, 0.717) is 42.1 Å². The highest BCUT2D eigenvalue weighted by Crippen LogP contribution is 2.26. The summed E-state index contributed by atoms with van der Waals surface area (Å²) in [7, 11) is 0. The van der Waals surface area contributed by atoms with E-state index < -0.39 is 10.9 Å². The van der Waals surface area contributed by atoms with E-state index in [-0.39, 0.29) is 11.6 Å². The third-order valence-corrected chi connectivity index (χ3v) is 5.31. The molecule has 0 atom stereocenters. The van der Waals surface area contributed by atoms with Crippen molar-refractivity contribution in [1.29, 1.82) is 0 Å². The lowest BCUT2D eigenvalue weighted by Crippen LogP contribution is -2.39. The van der Waals surface area contributed by atoms with Crippen molar-refractivity contribution in [1.82, 2.24) is 4.90 Å². The van der Waals surface area contributed by atoms with Gasteiger partial charge in [-0.05, 0) is 55.4 Å². The van der Waals surface area contributed by atoms with Gasteiger partial charge in [-0.3, -0.25) is 14.9 Å². The molecule has 0 spiro atoms.